The summed E-state index contributed by atoms with van der Waals surface area (Å²) in [5.74, 6) is 0.463. The van der Waals surface area contributed by atoms with Crippen LogP contribution in [0.1, 0.15) is 65.0 Å². The molecule has 0 saturated heterocycles. The number of nitrogens with zero attached hydrogens (tertiary/aromatic N) is 2. The van der Waals surface area contributed by atoms with Gasteiger partial charge in [0.05, 0.1) is 11.3 Å². The van der Waals surface area contributed by atoms with Crippen LogP contribution in [0.2, 0.25) is 0 Å². The molecule has 0 radical (unpaired) electrons. The van der Waals surface area contributed by atoms with E-state index >= 15 is 0 Å². The summed E-state index contributed by atoms with van der Waals surface area (Å²) in [7, 11) is 0. The molecule has 1 aliphatic rings. The third-order valence-corrected chi connectivity index (χ3v) is 7.79. The number of carbonyl (C=O) groups is 1. The Morgan fingerprint density at radius 1 is 1.02 bits per heavy atom. The van der Waals surface area contributed by atoms with E-state index in [1.165, 1.54) is 23.1 Å². The summed E-state index contributed by atoms with van der Waals surface area (Å²) >= 11 is 1.26. The van der Waals surface area contributed by atoms with Crippen LogP contribution in [-0.4, -0.2) is 27.6 Å². The lowest BCUT2D eigenvalue weighted by atomic mass is 9.88. The SMILES string of the molecule is Cc1cccc(C)c1-c1cc(OC2CNC(CC(C)C)c3ccccc32)nc(NSc2cccc(C(=O)O)c2)n1. The highest BCUT2D eigenvalue weighted by molar-refractivity contribution is 8.00. The maximum Gasteiger partial charge on any atom is 0.335 e. The van der Waals surface area contributed by atoms with Gasteiger partial charge in [-0.15, -0.1) is 0 Å². The van der Waals surface area contributed by atoms with E-state index in [-0.39, 0.29) is 11.7 Å². The van der Waals surface area contributed by atoms with Crippen LogP contribution in [0.15, 0.2) is 77.7 Å². The number of carboxylic acids is 1. The summed E-state index contributed by atoms with van der Waals surface area (Å²) < 4.78 is 9.79. The molecule has 8 heteroatoms. The van der Waals surface area contributed by atoms with Gasteiger partial charge in [-0.3, -0.25) is 4.72 Å². The molecule has 7 nitrogen and oxygen atoms in total. The Morgan fingerprint density at radius 3 is 2.48 bits per heavy atom. The van der Waals surface area contributed by atoms with Crippen LogP contribution in [0.25, 0.3) is 11.3 Å². The van der Waals surface area contributed by atoms with Crippen LogP contribution < -0.4 is 14.8 Å². The molecule has 2 atom stereocenters. The number of anilines is 1. The number of aromatic nitrogens is 2. The first-order valence-electron chi connectivity index (χ1n) is 13.5. The van der Waals surface area contributed by atoms with Crippen molar-refractivity contribution in [3.63, 3.8) is 0 Å². The van der Waals surface area contributed by atoms with E-state index in [9.17, 15) is 9.90 Å². The molecule has 3 aromatic carbocycles. The van der Waals surface area contributed by atoms with E-state index in [2.05, 4.69) is 74.1 Å². The number of aryl methyl sites for hydroxylation is 2. The number of hydrogen-bond donors (Lipinski definition) is 3. The van der Waals surface area contributed by atoms with Gasteiger partial charge < -0.3 is 15.2 Å². The molecule has 40 heavy (non-hydrogen) atoms. The lowest BCUT2D eigenvalue weighted by Gasteiger charge is -2.33. The van der Waals surface area contributed by atoms with Crippen LogP contribution in [0.4, 0.5) is 5.95 Å². The fourth-order valence-electron chi connectivity index (χ4n) is 5.20. The van der Waals surface area contributed by atoms with Gasteiger partial charge in [-0.05, 0) is 78.6 Å². The van der Waals surface area contributed by atoms with Gasteiger partial charge in [0.1, 0.15) is 6.10 Å². The Kier molecular flexibility index (Phi) is 8.38. The van der Waals surface area contributed by atoms with Crippen LogP contribution in [-0.2, 0) is 0 Å². The quantitative estimate of drug-likeness (QED) is 0.184. The molecule has 1 aliphatic heterocycles. The van der Waals surface area contributed by atoms with Crippen molar-refractivity contribution in [2.75, 3.05) is 11.3 Å². The number of fused-ring (bicyclic) bond motifs is 1. The maximum absolute atomic E-state index is 11.4. The van der Waals surface area contributed by atoms with Crippen molar-refractivity contribution in [1.82, 2.24) is 15.3 Å². The molecule has 0 saturated carbocycles. The zero-order valence-electron chi connectivity index (χ0n) is 23.1. The van der Waals surface area contributed by atoms with Gasteiger partial charge in [-0.25, -0.2) is 9.78 Å². The number of hydrogen-bond acceptors (Lipinski definition) is 7. The van der Waals surface area contributed by atoms with Crippen molar-refractivity contribution in [2.45, 2.75) is 51.2 Å². The number of rotatable bonds is 9. The first-order valence-corrected chi connectivity index (χ1v) is 14.3. The molecule has 0 aliphatic carbocycles. The summed E-state index contributed by atoms with van der Waals surface area (Å²) in [6, 6.07) is 23.6. The molecule has 0 spiro atoms. The minimum Gasteiger partial charge on any atom is -0.478 e. The second-order valence-corrected chi connectivity index (χ2v) is 11.4. The molecule has 1 aromatic heterocycles. The van der Waals surface area contributed by atoms with Crippen molar-refractivity contribution >= 4 is 23.9 Å². The number of ether oxygens (including phenoxy) is 1. The fraction of sp³-hybridized carbons (Fsp3) is 0.281. The number of aromatic carboxylic acids is 1. The molecular weight excluding hydrogens is 520 g/mol. The molecule has 0 bridgehead atoms. The Balaban J connectivity index is 1.48. The average Bonchev–Trinajstić information content (AvgIpc) is 2.93. The molecular formula is C32H34N4O3S. The van der Waals surface area contributed by atoms with Crippen molar-refractivity contribution < 1.29 is 14.6 Å². The molecule has 4 aromatic rings. The Hall–Kier alpha value is -3.88. The molecule has 5 rings (SSSR count). The first kappa shape index (κ1) is 27.7. The minimum absolute atomic E-state index is 0.201. The predicted octanol–water partition coefficient (Wildman–Crippen LogP) is 7.39. The van der Waals surface area contributed by atoms with E-state index in [0.29, 0.717) is 30.3 Å². The topological polar surface area (TPSA) is 96.4 Å². The summed E-state index contributed by atoms with van der Waals surface area (Å²) in [4.78, 5) is 21.7. The van der Waals surface area contributed by atoms with Crippen LogP contribution in [0, 0.1) is 19.8 Å². The number of carboxylic acid groups (broad SMARTS) is 1. The van der Waals surface area contributed by atoms with Crippen molar-refractivity contribution in [1.29, 1.82) is 0 Å². The Bertz CT molecular complexity index is 1500. The largest absolute Gasteiger partial charge is 0.478 e. The lowest BCUT2D eigenvalue weighted by Crippen LogP contribution is -2.36. The summed E-state index contributed by atoms with van der Waals surface area (Å²) in [5.41, 5.74) is 6.68. The second-order valence-electron chi connectivity index (χ2n) is 10.5. The minimum atomic E-state index is -0.969. The van der Waals surface area contributed by atoms with Gasteiger partial charge in [-0.1, -0.05) is 62.4 Å². The van der Waals surface area contributed by atoms with Crippen LogP contribution in [0.5, 0.6) is 5.88 Å². The third kappa shape index (κ3) is 6.29. The van der Waals surface area contributed by atoms with Crippen LogP contribution in [0.3, 0.4) is 0 Å². The highest BCUT2D eigenvalue weighted by Gasteiger charge is 2.29. The van der Waals surface area contributed by atoms with Crippen molar-refractivity contribution in [2.24, 2.45) is 5.92 Å². The lowest BCUT2D eigenvalue weighted by molar-refractivity contribution is 0.0696. The molecule has 3 N–H and O–H groups in total. The number of nitrogens with one attached hydrogen (secondary N) is 2. The van der Waals surface area contributed by atoms with Gasteiger partial charge in [0.15, 0.2) is 0 Å². The Labute approximate surface area is 239 Å². The fourth-order valence-corrected chi connectivity index (χ4v) is 5.83. The standard InChI is InChI=1S/C32H34N4O3S/c1-19(2)15-26-24-13-5-6-14-25(24)28(18-33-26)39-29-17-27(30-20(3)9-7-10-21(30)4)34-32(35-29)36-40-23-12-8-11-22(16-23)31(37)38/h5-14,16-17,19,26,28,33H,15,18H2,1-4H3,(H,37,38)(H,34,35,36). The zero-order chi connectivity index (χ0) is 28.2. The Morgan fingerprint density at radius 2 is 1.75 bits per heavy atom. The molecule has 2 unspecified atom stereocenters. The average molecular weight is 555 g/mol. The van der Waals surface area contributed by atoms with Crippen molar-refractivity contribution in [3.05, 3.63) is 101 Å². The van der Waals surface area contributed by atoms with E-state index in [1.54, 1.807) is 18.2 Å². The van der Waals surface area contributed by atoms with Gasteiger partial charge in [0, 0.05) is 29.1 Å². The monoisotopic (exact) mass is 554 g/mol. The van der Waals surface area contributed by atoms with Crippen molar-refractivity contribution in [3.8, 4) is 17.1 Å². The third-order valence-electron chi connectivity index (χ3n) is 7.02. The smallest absolute Gasteiger partial charge is 0.335 e. The molecule has 0 fully saturated rings. The summed E-state index contributed by atoms with van der Waals surface area (Å²) in [6.07, 6.45) is 0.857. The highest BCUT2D eigenvalue weighted by atomic mass is 32.2. The normalized spacial score (nSPS) is 16.4. The zero-order valence-corrected chi connectivity index (χ0v) is 24.0. The molecule has 2 heterocycles. The summed E-state index contributed by atoms with van der Waals surface area (Å²) in [6.45, 7) is 9.30. The van der Waals surface area contributed by atoms with Crippen LogP contribution >= 0.6 is 11.9 Å². The van der Waals surface area contributed by atoms with Gasteiger partial charge in [0.2, 0.25) is 11.8 Å². The molecule has 206 valence electrons. The number of benzene rings is 3. The predicted molar refractivity (Wildman–Crippen MR) is 160 cm³/mol. The molecule has 0 amide bonds. The van der Waals surface area contributed by atoms with Gasteiger partial charge in [0.25, 0.3) is 0 Å². The van der Waals surface area contributed by atoms with E-state index in [0.717, 1.165) is 33.7 Å². The maximum atomic E-state index is 11.4. The summed E-state index contributed by atoms with van der Waals surface area (Å²) in [5, 5.41) is 13.0. The van der Waals surface area contributed by atoms with E-state index < -0.39 is 5.97 Å². The first-order chi connectivity index (χ1) is 19.3. The van der Waals surface area contributed by atoms with E-state index in [4.69, 9.17) is 14.7 Å². The van der Waals surface area contributed by atoms with E-state index in [1.807, 2.05) is 18.2 Å². The van der Waals surface area contributed by atoms with Gasteiger partial charge >= 0.3 is 5.97 Å². The second kappa shape index (κ2) is 12.1. The van der Waals surface area contributed by atoms with Gasteiger partial charge in [-0.2, -0.15) is 4.98 Å². The highest BCUT2D eigenvalue weighted by Crippen LogP contribution is 2.36.